The highest BCUT2D eigenvalue weighted by Gasteiger charge is 2.40. The van der Waals surface area contributed by atoms with Gasteiger partial charge in [0.1, 0.15) is 5.15 Å². The normalized spacial score (nSPS) is 22.2. The second-order valence-corrected chi connectivity index (χ2v) is 6.51. The van der Waals surface area contributed by atoms with Crippen LogP contribution in [0.2, 0.25) is 5.15 Å². The van der Waals surface area contributed by atoms with Gasteiger partial charge in [-0.25, -0.2) is 4.98 Å². The molecule has 22 heavy (non-hydrogen) atoms. The Labute approximate surface area is 136 Å². The number of hydrogen-bond donors (Lipinski definition) is 0. The Morgan fingerprint density at radius 1 is 1.55 bits per heavy atom. The number of hydrogen-bond acceptors (Lipinski definition) is 4. The predicted molar refractivity (Wildman–Crippen MR) is 88.5 cm³/mol. The Bertz CT molecular complexity index is 652. The zero-order valence-corrected chi connectivity index (χ0v) is 14.4. The first-order valence-electron chi connectivity index (χ1n) is 7.62. The summed E-state index contributed by atoms with van der Waals surface area (Å²) in [5.41, 5.74) is 2.80. The van der Waals surface area contributed by atoms with Crippen LogP contribution in [0.3, 0.4) is 0 Å². The summed E-state index contributed by atoms with van der Waals surface area (Å²) >= 11 is 5.99. The number of aromatic nitrogens is 1. The second kappa shape index (κ2) is 6.69. The van der Waals surface area contributed by atoms with Crippen molar-refractivity contribution in [3.05, 3.63) is 39.8 Å². The van der Waals surface area contributed by atoms with Crippen molar-refractivity contribution in [1.29, 1.82) is 0 Å². The van der Waals surface area contributed by atoms with E-state index in [1.165, 1.54) is 0 Å². The molecule has 118 valence electrons. The van der Waals surface area contributed by atoms with E-state index >= 15 is 0 Å². The van der Waals surface area contributed by atoms with E-state index < -0.39 is 5.41 Å². The third kappa shape index (κ3) is 3.43. The molecule has 1 heterocycles. The highest BCUT2D eigenvalue weighted by atomic mass is 35.5. The number of nitrogens with zero attached hydrogens (tertiary/aromatic N) is 3. The maximum Gasteiger partial charge on any atom is 0.172 e. The third-order valence-corrected chi connectivity index (χ3v) is 4.29. The fourth-order valence-electron chi connectivity index (χ4n) is 2.79. The third-order valence-electron chi connectivity index (χ3n) is 4.10. The SMILES string of the molecule is CC/C=C(C)\N=N/CC1(C)CCc2nc(Cl)cc(C)c2C1=O. The number of aryl methyl sites for hydroxylation is 2. The molecule has 1 aromatic heterocycles. The van der Waals surface area contributed by atoms with Crippen molar-refractivity contribution >= 4 is 17.4 Å². The average Bonchev–Trinajstić information content (AvgIpc) is 2.43. The van der Waals surface area contributed by atoms with Crippen LogP contribution in [0.1, 0.15) is 55.2 Å². The van der Waals surface area contributed by atoms with Gasteiger partial charge >= 0.3 is 0 Å². The van der Waals surface area contributed by atoms with Gasteiger partial charge in [-0.15, -0.1) is 0 Å². The molecule has 0 radical (unpaired) electrons. The quantitative estimate of drug-likeness (QED) is 0.582. The van der Waals surface area contributed by atoms with Gasteiger partial charge < -0.3 is 0 Å². The van der Waals surface area contributed by atoms with E-state index in [1.807, 2.05) is 26.8 Å². The van der Waals surface area contributed by atoms with Crippen molar-refractivity contribution in [2.45, 2.75) is 47.0 Å². The lowest BCUT2D eigenvalue weighted by molar-refractivity contribution is 0.0793. The van der Waals surface area contributed by atoms with Gasteiger partial charge in [-0.2, -0.15) is 10.2 Å². The molecule has 0 aliphatic heterocycles. The summed E-state index contributed by atoms with van der Waals surface area (Å²) in [6, 6.07) is 1.75. The fraction of sp³-hybridized carbons (Fsp3) is 0.529. The number of ketones is 1. The lowest BCUT2D eigenvalue weighted by atomic mass is 9.72. The lowest BCUT2D eigenvalue weighted by Crippen LogP contribution is -2.37. The number of fused-ring (bicyclic) bond motifs is 1. The molecule has 0 saturated heterocycles. The van der Waals surface area contributed by atoms with Gasteiger partial charge in [0.15, 0.2) is 5.78 Å². The number of halogens is 1. The Balaban J connectivity index is 2.24. The summed E-state index contributed by atoms with van der Waals surface area (Å²) in [4.78, 5) is 17.2. The molecule has 0 bridgehead atoms. The maximum atomic E-state index is 12.9. The largest absolute Gasteiger partial charge is 0.293 e. The van der Waals surface area contributed by atoms with Crippen LogP contribution in [0.4, 0.5) is 0 Å². The smallest absolute Gasteiger partial charge is 0.172 e. The first kappa shape index (κ1) is 16.8. The van der Waals surface area contributed by atoms with E-state index in [4.69, 9.17) is 11.6 Å². The summed E-state index contributed by atoms with van der Waals surface area (Å²) in [6.45, 7) is 8.25. The summed E-state index contributed by atoms with van der Waals surface area (Å²) in [5.74, 6) is 0.103. The summed E-state index contributed by atoms with van der Waals surface area (Å²) in [7, 11) is 0. The highest BCUT2D eigenvalue weighted by molar-refractivity contribution is 6.29. The number of pyridine rings is 1. The van der Waals surface area contributed by atoms with Gasteiger partial charge in [-0.05, 0) is 44.7 Å². The Kier molecular flexibility index (Phi) is 5.12. The van der Waals surface area contributed by atoms with E-state index in [-0.39, 0.29) is 5.78 Å². The molecule has 1 aliphatic carbocycles. The minimum atomic E-state index is -0.511. The van der Waals surface area contributed by atoms with Gasteiger partial charge in [-0.3, -0.25) is 4.79 Å². The standard InChI is InChI=1S/C17H22ClN3O/c1-5-6-12(3)21-19-10-17(4)8-7-13-15(16(17)22)11(2)9-14(18)20-13/h6,9H,5,7-8,10H2,1-4H3/b12-6-,21-19-. The number of carbonyl (C=O) groups is 1. The monoisotopic (exact) mass is 319 g/mol. The molecule has 1 atom stereocenters. The first-order valence-corrected chi connectivity index (χ1v) is 8.00. The van der Waals surface area contributed by atoms with Crippen molar-refractivity contribution < 1.29 is 4.79 Å². The molecule has 1 unspecified atom stereocenters. The highest BCUT2D eigenvalue weighted by Crippen LogP contribution is 2.37. The van der Waals surface area contributed by atoms with Crippen molar-refractivity contribution in [2.24, 2.45) is 15.6 Å². The minimum Gasteiger partial charge on any atom is -0.293 e. The lowest BCUT2D eigenvalue weighted by Gasteiger charge is -2.31. The van der Waals surface area contributed by atoms with Gasteiger partial charge in [0.25, 0.3) is 0 Å². The molecule has 1 aromatic rings. The van der Waals surface area contributed by atoms with Crippen molar-refractivity contribution in [3.8, 4) is 0 Å². The Morgan fingerprint density at radius 2 is 2.27 bits per heavy atom. The van der Waals surface area contributed by atoms with Crippen molar-refractivity contribution in [3.63, 3.8) is 0 Å². The van der Waals surface area contributed by atoms with Crippen molar-refractivity contribution in [1.82, 2.24) is 4.98 Å². The van der Waals surface area contributed by atoms with Crippen molar-refractivity contribution in [2.75, 3.05) is 6.54 Å². The van der Waals surface area contributed by atoms with Crippen LogP contribution >= 0.6 is 11.6 Å². The van der Waals surface area contributed by atoms with Gasteiger partial charge in [0.05, 0.1) is 23.4 Å². The molecule has 4 nitrogen and oxygen atoms in total. The predicted octanol–water partition coefficient (Wildman–Crippen LogP) is 4.94. The summed E-state index contributed by atoms with van der Waals surface area (Å²) < 4.78 is 0. The molecule has 0 saturated carbocycles. The molecular formula is C17H22ClN3O. The first-order chi connectivity index (χ1) is 10.4. The van der Waals surface area contributed by atoms with Crippen LogP contribution in [0.5, 0.6) is 0 Å². The number of carbonyl (C=O) groups excluding carboxylic acids is 1. The van der Waals surface area contributed by atoms with Crippen LogP contribution < -0.4 is 0 Å². The number of allylic oxidation sites excluding steroid dienone is 2. The molecule has 5 heteroatoms. The molecule has 0 spiro atoms. The molecule has 0 N–H and O–H groups in total. The number of rotatable bonds is 4. The van der Waals surface area contributed by atoms with Gasteiger partial charge in [0.2, 0.25) is 0 Å². The summed E-state index contributed by atoms with van der Waals surface area (Å²) in [6.07, 6.45) is 4.42. The van der Waals surface area contributed by atoms with Gasteiger partial charge in [-0.1, -0.05) is 31.5 Å². The zero-order valence-electron chi connectivity index (χ0n) is 13.6. The minimum absolute atomic E-state index is 0.103. The number of azo groups is 1. The molecular weight excluding hydrogens is 298 g/mol. The average molecular weight is 320 g/mol. The van der Waals surface area contributed by atoms with Crippen LogP contribution in [-0.2, 0) is 6.42 Å². The topological polar surface area (TPSA) is 54.7 Å². The van der Waals surface area contributed by atoms with E-state index in [0.29, 0.717) is 17.3 Å². The second-order valence-electron chi connectivity index (χ2n) is 6.13. The number of Topliss-reactive ketones (excluding diaryl/α,β-unsaturated/α-hetero) is 1. The zero-order chi connectivity index (χ0) is 16.3. The molecule has 0 fully saturated rings. The van der Waals surface area contributed by atoms with Crippen LogP contribution in [-0.4, -0.2) is 17.3 Å². The van der Waals surface area contributed by atoms with Gasteiger partial charge in [0, 0.05) is 5.56 Å². The fourth-order valence-corrected chi connectivity index (χ4v) is 3.05. The summed E-state index contributed by atoms with van der Waals surface area (Å²) in [5, 5.41) is 8.87. The molecule has 0 amide bonds. The maximum absolute atomic E-state index is 12.9. The van der Waals surface area contributed by atoms with E-state index in [0.717, 1.165) is 36.2 Å². The van der Waals surface area contributed by atoms with Crippen LogP contribution in [0, 0.1) is 12.3 Å². The molecule has 0 aromatic carbocycles. The Morgan fingerprint density at radius 3 is 2.95 bits per heavy atom. The van der Waals surface area contributed by atoms with Crippen LogP contribution in [0.25, 0.3) is 0 Å². The Hall–Kier alpha value is -1.55. The van der Waals surface area contributed by atoms with E-state index in [1.54, 1.807) is 6.07 Å². The van der Waals surface area contributed by atoms with E-state index in [2.05, 4.69) is 22.1 Å². The molecule has 2 rings (SSSR count). The molecule has 1 aliphatic rings. The van der Waals surface area contributed by atoms with E-state index in [9.17, 15) is 4.79 Å². The van der Waals surface area contributed by atoms with Crippen LogP contribution in [0.15, 0.2) is 28.1 Å².